The monoisotopic (exact) mass is 276 g/mol. The lowest BCUT2D eigenvalue weighted by Crippen LogP contribution is -2.44. The average molecular weight is 276 g/mol. The zero-order chi connectivity index (χ0) is 14.1. The molecule has 0 spiro atoms. The van der Waals surface area contributed by atoms with Crippen molar-refractivity contribution in [2.75, 3.05) is 18.7 Å². The van der Waals surface area contributed by atoms with Gasteiger partial charge in [0.2, 0.25) is 6.79 Å². The number of urea groups is 1. The summed E-state index contributed by atoms with van der Waals surface area (Å²) in [6.07, 6.45) is 3.36. The van der Waals surface area contributed by atoms with Gasteiger partial charge in [-0.15, -0.1) is 0 Å². The number of hydrogen-bond acceptors (Lipinski definition) is 3. The summed E-state index contributed by atoms with van der Waals surface area (Å²) in [6, 6.07) is 4.01. The van der Waals surface area contributed by atoms with Crippen LogP contribution >= 0.6 is 0 Å². The van der Waals surface area contributed by atoms with Crippen LogP contribution in [0.15, 0.2) is 12.1 Å². The Morgan fingerprint density at radius 2 is 2.05 bits per heavy atom. The van der Waals surface area contributed by atoms with Crippen molar-refractivity contribution in [3.63, 3.8) is 0 Å². The van der Waals surface area contributed by atoms with Crippen LogP contribution in [0.25, 0.3) is 0 Å². The number of anilines is 1. The number of carbonyl (C=O) groups excluding carboxylic acids is 1. The van der Waals surface area contributed by atoms with Crippen LogP contribution in [0.2, 0.25) is 0 Å². The Morgan fingerprint density at radius 1 is 1.30 bits per heavy atom. The Balaban J connectivity index is 1.75. The largest absolute Gasteiger partial charge is 0.454 e. The average Bonchev–Trinajstić information content (AvgIpc) is 2.86. The van der Waals surface area contributed by atoms with E-state index in [2.05, 4.69) is 12.2 Å². The van der Waals surface area contributed by atoms with Gasteiger partial charge in [-0.25, -0.2) is 4.79 Å². The van der Waals surface area contributed by atoms with Gasteiger partial charge in [0, 0.05) is 24.3 Å². The number of likely N-dealkylation sites (tertiary alicyclic amines) is 1. The predicted molar refractivity (Wildman–Crippen MR) is 76.3 cm³/mol. The number of amides is 2. The van der Waals surface area contributed by atoms with Crippen LogP contribution in [-0.4, -0.2) is 30.3 Å². The maximum absolute atomic E-state index is 12.4. The van der Waals surface area contributed by atoms with E-state index < -0.39 is 0 Å². The van der Waals surface area contributed by atoms with Gasteiger partial charge < -0.3 is 19.7 Å². The van der Waals surface area contributed by atoms with Gasteiger partial charge in [-0.1, -0.05) is 0 Å². The van der Waals surface area contributed by atoms with Gasteiger partial charge in [0.1, 0.15) is 0 Å². The molecule has 5 nitrogen and oxygen atoms in total. The third-order valence-electron chi connectivity index (χ3n) is 4.03. The maximum atomic E-state index is 12.4. The molecule has 1 aromatic carbocycles. The lowest BCUT2D eigenvalue weighted by Gasteiger charge is -2.33. The van der Waals surface area contributed by atoms with Crippen molar-refractivity contribution in [3.8, 4) is 11.5 Å². The molecule has 0 aliphatic carbocycles. The third kappa shape index (κ3) is 2.40. The molecular weight excluding hydrogens is 256 g/mol. The number of fused-ring (bicyclic) bond motifs is 1. The minimum atomic E-state index is -0.0286. The van der Waals surface area contributed by atoms with E-state index in [-0.39, 0.29) is 12.8 Å². The lowest BCUT2D eigenvalue weighted by atomic mass is 10.0. The topological polar surface area (TPSA) is 50.8 Å². The summed E-state index contributed by atoms with van der Waals surface area (Å²) in [5.41, 5.74) is 1.77. The minimum Gasteiger partial charge on any atom is -0.454 e. The third-order valence-corrected chi connectivity index (χ3v) is 4.03. The van der Waals surface area contributed by atoms with E-state index in [4.69, 9.17) is 9.47 Å². The summed E-state index contributed by atoms with van der Waals surface area (Å²) in [5, 5.41) is 2.99. The van der Waals surface area contributed by atoms with Crippen LogP contribution in [0.3, 0.4) is 0 Å². The molecule has 3 rings (SSSR count). The van der Waals surface area contributed by atoms with Gasteiger partial charge >= 0.3 is 6.03 Å². The summed E-state index contributed by atoms with van der Waals surface area (Å²) in [4.78, 5) is 14.3. The minimum absolute atomic E-state index is 0.0286. The number of nitrogens with one attached hydrogen (secondary N) is 1. The van der Waals surface area contributed by atoms with Crippen molar-refractivity contribution in [3.05, 3.63) is 17.7 Å². The molecule has 1 atom stereocenters. The smallest absolute Gasteiger partial charge is 0.322 e. The highest BCUT2D eigenvalue weighted by Gasteiger charge is 2.24. The fraction of sp³-hybridized carbons (Fsp3) is 0.533. The van der Waals surface area contributed by atoms with Crippen molar-refractivity contribution in [2.24, 2.45) is 0 Å². The molecule has 0 radical (unpaired) electrons. The second-order valence-electron chi connectivity index (χ2n) is 5.49. The zero-order valence-electron chi connectivity index (χ0n) is 11.9. The summed E-state index contributed by atoms with van der Waals surface area (Å²) in [7, 11) is 0. The number of piperidine rings is 1. The van der Waals surface area contributed by atoms with E-state index in [1.807, 2.05) is 24.0 Å². The predicted octanol–water partition coefficient (Wildman–Crippen LogP) is 3.13. The molecule has 2 aliphatic heterocycles. The number of nitrogens with zero attached hydrogens (tertiary/aromatic N) is 1. The van der Waals surface area contributed by atoms with Crippen LogP contribution in [0.5, 0.6) is 11.5 Å². The van der Waals surface area contributed by atoms with Crippen molar-refractivity contribution in [1.82, 2.24) is 4.90 Å². The molecule has 1 N–H and O–H groups in total. The van der Waals surface area contributed by atoms with Crippen LogP contribution in [0.1, 0.15) is 31.7 Å². The van der Waals surface area contributed by atoms with E-state index in [0.29, 0.717) is 11.8 Å². The first-order valence-corrected chi connectivity index (χ1v) is 7.13. The normalized spacial score (nSPS) is 20.9. The Morgan fingerprint density at radius 3 is 2.80 bits per heavy atom. The van der Waals surface area contributed by atoms with Crippen LogP contribution in [-0.2, 0) is 0 Å². The van der Waals surface area contributed by atoms with Gasteiger partial charge in [0.05, 0.1) is 0 Å². The van der Waals surface area contributed by atoms with Gasteiger partial charge in [0.25, 0.3) is 0 Å². The Bertz CT molecular complexity index is 530. The van der Waals surface area contributed by atoms with E-state index in [1.54, 1.807) is 0 Å². The number of rotatable bonds is 1. The van der Waals surface area contributed by atoms with E-state index >= 15 is 0 Å². The fourth-order valence-electron chi connectivity index (χ4n) is 2.77. The number of hydrogen-bond donors (Lipinski definition) is 1. The highest BCUT2D eigenvalue weighted by molar-refractivity contribution is 5.91. The maximum Gasteiger partial charge on any atom is 0.322 e. The molecule has 0 bridgehead atoms. The number of ether oxygens (including phenoxy) is 2. The van der Waals surface area contributed by atoms with E-state index in [9.17, 15) is 4.79 Å². The highest BCUT2D eigenvalue weighted by Crippen LogP contribution is 2.36. The molecular formula is C15H20N2O3. The molecule has 2 aliphatic rings. The first kappa shape index (κ1) is 13.1. The molecule has 2 heterocycles. The van der Waals surface area contributed by atoms with Crippen LogP contribution in [0, 0.1) is 6.92 Å². The lowest BCUT2D eigenvalue weighted by molar-refractivity contribution is 0.170. The second-order valence-corrected chi connectivity index (χ2v) is 5.49. The Labute approximate surface area is 118 Å². The van der Waals surface area contributed by atoms with Gasteiger partial charge in [-0.3, -0.25) is 0 Å². The fourth-order valence-corrected chi connectivity index (χ4v) is 2.77. The number of carbonyl (C=O) groups is 1. The molecule has 0 saturated carbocycles. The zero-order valence-corrected chi connectivity index (χ0v) is 11.9. The summed E-state index contributed by atoms with van der Waals surface area (Å²) < 4.78 is 10.7. The molecule has 1 saturated heterocycles. The quantitative estimate of drug-likeness (QED) is 0.857. The van der Waals surface area contributed by atoms with Gasteiger partial charge in [0.15, 0.2) is 11.5 Å². The van der Waals surface area contributed by atoms with Crippen molar-refractivity contribution in [2.45, 2.75) is 39.2 Å². The molecule has 2 amide bonds. The molecule has 5 heteroatoms. The molecule has 0 aromatic heterocycles. The Hall–Kier alpha value is -1.91. The molecule has 1 aromatic rings. The van der Waals surface area contributed by atoms with Gasteiger partial charge in [-0.05, 0) is 44.7 Å². The Kier molecular flexibility index (Phi) is 3.42. The van der Waals surface area contributed by atoms with Crippen molar-refractivity contribution in [1.29, 1.82) is 0 Å². The standard InChI is InChI=1S/C15H20N2O3/c1-10-7-13-14(20-9-19-13)8-12(10)16-15(18)17-6-4-3-5-11(17)2/h7-8,11H,3-6,9H2,1-2H3,(H,16,18). The van der Waals surface area contributed by atoms with E-state index in [0.717, 1.165) is 36.4 Å². The van der Waals surface area contributed by atoms with Gasteiger partial charge in [-0.2, -0.15) is 0 Å². The highest BCUT2D eigenvalue weighted by atomic mass is 16.7. The summed E-state index contributed by atoms with van der Waals surface area (Å²) in [6.45, 7) is 5.13. The first-order valence-electron chi connectivity index (χ1n) is 7.13. The molecule has 1 fully saturated rings. The summed E-state index contributed by atoms with van der Waals surface area (Å²) in [5.74, 6) is 1.43. The van der Waals surface area contributed by atoms with E-state index in [1.165, 1.54) is 6.42 Å². The number of aryl methyl sites for hydroxylation is 1. The molecule has 20 heavy (non-hydrogen) atoms. The SMILES string of the molecule is Cc1cc2c(cc1NC(=O)N1CCCCC1C)OCO2. The first-order chi connectivity index (χ1) is 9.65. The summed E-state index contributed by atoms with van der Waals surface area (Å²) >= 11 is 0. The second kappa shape index (κ2) is 5.23. The molecule has 108 valence electrons. The van der Waals surface area contributed by atoms with Crippen molar-refractivity contribution < 1.29 is 14.3 Å². The van der Waals surface area contributed by atoms with Crippen molar-refractivity contribution >= 4 is 11.7 Å². The van der Waals surface area contributed by atoms with Crippen LogP contribution < -0.4 is 14.8 Å². The number of benzene rings is 1. The molecule has 1 unspecified atom stereocenters. The van der Waals surface area contributed by atoms with Crippen LogP contribution in [0.4, 0.5) is 10.5 Å².